The van der Waals surface area contributed by atoms with E-state index < -0.39 is 0 Å². The summed E-state index contributed by atoms with van der Waals surface area (Å²) in [6.07, 6.45) is 3.57. The molecule has 1 aliphatic rings. The van der Waals surface area contributed by atoms with Crippen LogP contribution in [0, 0.1) is 0 Å². The van der Waals surface area contributed by atoms with Gasteiger partial charge < -0.3 is 9.88 Å². The lowest BCUT2D eigenvalue weighted by Crippen LogP contribution is -2.38. The molecule has 0 spiro atoms. The third-order valence-corrected chi connectivity index (χ3v) is 3.74. The lowest BCUT2D eigenvalue weighted by Gasteiger charge is -2.31. The lowest BCUT2D eigenvalue weighted by atomic mass is 9.93. The van der Waals surface area contributed by atoms with Gasteiger partial charge in [0, 0.05) is 37.0 Å². The Morgan fingerprint density at radius 2 is 2.05 bits per heavy atom. The van der Waals surface area contributed by atoms with Gasteiger partial charge in [-0.25, -0.2) is 0 Å². The predicted octanol–water partition coefficient (Wildman–Crippen LogP) is 1.12. The van der Waals surface area contributed by atoms with E-state index in [1.54, 1.807) is 23.2 Å². The van der Waals surface area contributed by atoms with Crippen LogP contribution in [-0.2, 0) is 0 Å². The van der Waals surface area contributed by atoms with Crippen molar-refractivity contribution in [1.29, 1.82) is 0 Å². The maximum Gasteiger partial charge on any atom is 0.270 e. The molecule has 0 radical (unpaired) electrons. The second-order valence-corrected chi connectivity index (χ2v) is 5.01. The lowest BCUT2D eigenvalue weighted by molar-refractivity contribution is 0.0706. The minimum absolute atomic E-state index is 0.106. The minimum atomic E-state index is -0.247. The van der Waals surface area contributed by atoms with Crippen LogP contribution in [0.1, 0.15) is 34.9 Å². The highest BCUT2D eigenvalue weighted by molar-refractivity contribution is 5.92. The molecule has 2 aromatic rings. The number of nitrogens with one attached hydrogen (secondary N) is 2. The van der Waals surface area contributed by atoms with E-state index in [0.29, 0.717) is 24.7 Å². The van der Waals surface area contributed by atoms with E-state index in [1.807, 2.05) is 6.07 Å². The molecule has 20 heavy (non-hydrogen) atoms. The van der Waals surface area contributed by atoms with E-state index in [9.17, 15) is 9.59 Å². The average Bonchev–Trinajstić information content (AvgIpc) is 3.01. The van der Waals surface area contributed by atoms with Crippen molar-refractivity contribution < 1.29 is 4.79 Å². The Kier molecular flexibility index (Phi) is 3.37. The molecule has 6 heteroatoms. The summed E-state index contributed by atoms with van der Waals surface area (Å²) >= 11 is 0. The first kappa shape index (κ1) is 12.7. The molecule has 0 saturated carbocycles. The van der Waals surface area contributed by atoms with E-state index in [4.69, 9.17) is 0 Å². The van der Waals surface area contributed by atoms with Crippen molar-refractivity contribution in [3.05, 3.63) is 52.2 Å². The molecular formula is C14H16N4O2. The van der Waals surface area contributed by atoms with Gasteiger partial charge in [0.05, 0.1) is 0 Å². The molecule has 6 nitrogen and oxygen atoms in total. The first-order valence-corrected chi connectivity index (χ1v) is 6.72. The van der Waals surface area contributed by atoms with E-state index >= 15 is 0 Å². The molecule has 0 atom stereocenters. The van der Waals surface area contributed by atoms with Gasteiger partial charge in [0.1, 0.15) is 5.69 Å². The second kappa shape index (κ2) is 5.32. The highest BCUT2D eigenvalue weighted by Gasteiger charge is 2.25. The molecule has 2 aromatic heterocycles. The van der Waals surface area contributed by atoms with Crippen molar-refractivity contribution in [2.24, 2.45) is 0 Å². The molecule has 0 aliphatic carbocycles. The number of piperidine rings is 1. The van der Waals surface area contributed by atoms with Crippen molar-refractivity contribution in [2.45, 2.75) is 18.8 Å². The average molecular weight is 272 g/mol. The Morgan fingerprint density at radius 3 is 2.70 bits per heavy atom. The Hall–Kier alpha value is -2.37. The topological polar surface area (TPSA) is 81.8 Å². The highest BCUT2D eigenvalue weighted by Crippen LogP contribution is 2.26. The maximum atomic E-state index is 12.3. The molecule has 1 amide bonds. The number of pyridine rings is 1. The number of aromatic nitrogens is 3. The zero-order valence-electron chi connectivity index (χ0n) is 11.0. The number of H-pyrrole nitrogens is 2. The summed E-state index contributed by atoms with van der Waals surface area (Å²) in [5.74, 6) is 0.321. The van der Waals surface area contributed by atoms with Gasteiger partial charge in [-0.05, 0) is 25.0 Å². The molecule has 0 aromatic carbocycles. The number of likely N-dealkylation sites (tertiary alicyclic amines) is 1. The molecule has 3 rings (SSSR count). The quantitative estimate of drug-likeness (QED) is 0.859. The van der Waals surface area contributed by atoms with Gasteiger partial charge in [0.2, 0.25) is 5.56 Å². The predicted molar refractivity (Wildman–Crippen MR) is 73.5 cm³/mol. The third kappa shape index (κ3) is 2.49. The number of carbonyl (C=O) groups excluding carboxylic acids is 1. The summed E-state index contributed by atoms with van der Waals surface area (Å²) in [6.45, 7) is 1.39. The highest BCUT2D eigenvalue weighted by atomic mass is 16.2. The summed E-state index contributed by atoms with van der Waals surface area (Å²) in [7, 11) is 0. The molecule has 1 saturated heterocycles. The number of amides is 1. The molecule has 2 N–H and O–H groups in total. The minimum Gasteiger partial charge on any atom is -0.337 e. The van der Waals surface area contributed by atoms with Gasteiger partial charge in [-0.2, -0.15) is 5.10 Å². The van der Waals surface area contributed by atoms with Gasteiger partial charge >= 0.3 is 0 Å². The van der Waals surface area contributed by atoms with E-state index in [2.05, 4.69) is 15.2 Å². The van der Waals surface area contributed by atoms with Gasteiger partial charge in [-0.3, -0.25) is 14.7 Å². The fourth-order valence-electron chi connectivity index (χ4n) is 2.63. The molecule has 0 unspecified atom stereocenters. The van der Waals surface area contributed by atoms with E-state index in [-0.39, 0.29) is 11.5 Å². The monoisotopic (exact) mass is 272 g/mol. The third-order valence-electron chi connectivity index (χ3n) is 3.74. The van der Waals surface area contributed by atoms with Crippen molar-refractivity contribution in [2.75, 3.05) is 13.1 Å². The van der Waals surface area contributed by atoms with Crippen molar-refractivity contribution >= 4 is 5.91 Å². The van der Waals surface area contributed by atoms with Gasteiger partial charge in [0.15, 0.2) is 0 Å². The Balaban J connectivity index is 1.66. The summed E-state index contributed by atoms with van der Waals surface area (Å²) in [5, 5.41) is 6.95. The van der Waals surface area contributed by atoms with E-state index in [1.165, 1.54) is 6.07 Å². The SMILES string of the molecule is O=C(c1cccc(=O)[nH]1)N1CCC(c2ccn[nH]2)CC1. The number of carbonyl (C=O) groups is 1. The van der Waals surface area contributed by atoms with Crippen molar-refractivity contribution in [3.63, 3.8) is 0 Å². The maximum absolute atomic E-state index is 12.3. The van der Waals surface area contributed by atoms with Crippen LogP contribution < -0.4 is 5.56 Å². The first-order valence-electron chi connectivity index (χ1n) is 6.72. The Morgan fingerprint density at radius 1 is 1.25 bits per heavy atom. The van der Waals surface area contributed by atoms with Crippen LogP contribution >= 0.6 is 0 Å². The van der Waals surface area contributed by atoms with Gasteiger partial charge in [0.25, 0.3) is 5.91 Å². The zero-order chi connectivity index (χ0) is 13.9. The summed E-state index contributed by atoms with van der Waals surface area (Å²) in [5.41, 5.74) is 1.24. The first-order chi connectivity index (χ1) is 9.74. The number of nitrogens with zero attached hydrogens (tertiary/aromatic N) is 2. The Bertz CT molecular complexity index is 639. The largest absolute Gasteiger partial charge is 0.337 e. The molecule has 1 fully saturated rings. The smallest absolute Gasteiger partial charge is 0.270 e. The summed E-state index contributed by atoms with van der Waals surface area (Å²) in [6, 6.07) is 6.63. The van der Waals surface area contributed by atoms with Crippen LogP contribution in [0.2, 0.25) is 0 Å². The van der Waals surface area contributed by atoms with Crippen LogP contribution in [0.3, 0.4) is 0 Å². The van der Waals surface area contributed by atoms with Crippen LogP contribution in [0.4, 0.5) is 0 Å². The standard InChI is InChI=1S/C14H16N4O2/c19-13-3-1-2-12(16-13)14(20)18-8-5-10(6-9-18)11-4-7-15-17-11/h1-4,7,10H,5-6,8-9H2,(H,15,17)(H,16,19). The zero-order valence-corrected chi connectivity index (χ0v) is 11.0. The summed E-state index contributed by atoms with van der Waals surface area (Å²) < 4.78 is 0. The second-order valence-electron chi connectivity index (χ2n) is 5.01. The fraction of sp³-hybridized carbons (Fsp3) is 0.357. The van der Waals surface area contributed by atoms with Crippen LogP contribution in [-0.4, -0.2) is 39.1 Å². The summed E-state index contributed by atoms with van der Waals surface area (Å²) in [4.78, 5) is 27.9. The molecule has 0 bridgehead atoms. The number of hydrogen-bond acceptors (Lipinski definition) is 3. The van der Waals surface area contributed by atoms with Crippen molar-refractivity contribution in [1.82, 2.24) is 20.1 Å². The number of aromatic amines is 2. The number of hydrogen-bond donors (Lipinski definition) is 2. The van der Waals surface area contributed by atoms with E-state index in [0.717, 1.165) is 18.5 Å². The molecule has 104 valence electrons. The molecule has 1 aliphatic heterocycles. The van der Waals surface area contributed by atoms with Crippen LogP contribution in [0.15, 0.2) is 35.3 Å². The Labute approximate surface area is 115 Å². The fourth-order valence-corrected chi connectivity index (χ4v) is 2.63. The van der Waals surface area contributed by atoms with Crippen LogP contribution in [0.5, 0.6) is 0 Å². The van der Waals surface area contributed by atoms with Crippen molar-refractivity contribution in [3.8, 4) is 0 Å². The number of rotatable bonds is 2. The normalized spacial score (nSPS) is 16.3. The van der Waals surface area contributed by atoms with Gasteiger partial charge in [-0.1, -0.05) is 6.07 Å². The van der Waals surface area contributed by atoms with Crippen LogP contribution in [0.25, 0.3) is 0 Å². The van der Waals surface area contributed by atoms with Gasteiger partial charge in [-0.15, -0.1) is 0 Å². The molecule has 3 heterocycles. The molecular weight excluding hydrogens is 256 g/mol.